The average Bonchev–Trinajstić information content (AvgIpc) is 3.68. The van der Waals surface area contributed by atoms with E-state index in [9.17, 15) is 32.6 Å². The van der Waals surface area contributed by atoms with Gasteiger partial charge < -0.3 is 35.2 Å². The number of fused-ring (bicyclic) bond motifs is 3. The number of allylic oxidation sites excluding steroid dienone is 1. The van der Waals surface area contributed by atoms with Crippen LogP contribution in [0, 0.1) is 23.5 Å². The van der Waals surface area contributed by atoms with Gasteiger partial charge in [0.2, 0.25) is 25.1 Å². The summed E-state index contributed by atoms with van der Waals surface area (Å²) >= 11 is 8.29. The molecule has 4 heterocycles. The SMILES string of the molecule is COc1ccc2c(O[C@@H]3C[C@H]4C(=O)N[C@]5(P(=O)(O)Cc6c(F)cccc6F)C[C@H]5C=CCCCCC[C@H](NC(=O)CC5CCCC5)C(=O)N4C3)cc(-c3csc(NC(C)C)n3)nc2c1Cl. The summed E-state index contributed by atoms with van der Waals surface area (Å²) in [5, 5.41) is 10.8. The van der Waals surface area contributed by atoms with E-state index in [1.165, 1.54) is 29.4 Å². The third kappa shape index (κ3) is 10.2. The molecule has 8 rings (SSSR count). The minimum Gasteiger partial charge on any atom is -0.495 e. The van der Waals surface area contributed by atoms with Crippen LogP contribution in [-0.4, -0.2) is 80.6 Å². The fourth-order valence-electron chi connectivity index (χ4n) is 9.56. The Balaban J connectivity index is 1.15. The Morgan fingerprint density at radius 1 is 1.06 bits per heavy atom. The van der Waals surface area contributed by atoms with Crippen LogP contribution in [0.15, 0.2) is 53.9 Å². The zero-order valence-electron chi connectivity index (χ0n) is 36.8. The molecule has 2 aliphatic carbocycles. The van der Waals surface area contributed by atoms with Crippen LogP contribution in [0.5, 0.6) is 11.5 Å². The smallest absolute Gasteiger partial charge is 0.245 e. The molecule has 4 aromatic rings. The summed E-state index contributed by atoms with van der Waals surface area (Å²) in [6.07, 6.45) is 9.56. The molecule has 348 valence electrons. The molecular formula is C47H56ClF2N6O7PS. The van der Waals surface area contributed by atoms with Crippen LogP contribution < -0.4 is 25.4 Å². The molecule has 0 radical (unpaired) electrons. The lowest BCUT2D eigenvalue weighted by Gasteiger charge is -2.31. The lowest BCUT2D eigenvalue weighted by molar-refractivity contribution is -0.142. The van der Waals surface area contributed by atoms with Crippen LogP contribution in [0.2, 0.25) is 5.02 Å². The van der Waals surface area contributed by atoms with E-state index in [1.807, 2.05) is 25.3 Å². The molecule has 2 aromatic carbocycles. The van der Waals surface area contributed by atoms with Crippen molar-refractivity contribution in [1.29, 1.82) is 0 Å². The third-order valence-corrected chi connectivity index (χ3v) is 16.8. The molecule has 2 saturated carbocycles. The maximum absolute atomic E-state index is 15.0. The van der Waals surface area contributed by atoms with Gasteiger partial charge in [0, 0.05) is 47.2 Å². The van der Waals surface area contributed by atoms with E-state index in [0.717, 1.165) is 50.7 Å². The predicted molar refractivity (Wildman–Crippen MR) is 247 cm³/mol. The van der Waals surface area contributed by atoms with Crippen molar-refractivity contribution in [2.75, 3.05) is 19.0 Å². The second-order valence-corrected chi connectivity index (χ2v) is 21.9. The van der Waals surface area contributed by atoms with Gasteiger partial charge in [-0.25, -0.2) is 18.7 Å². The van der Waals surface area contributed by atoms with Gasteiger partial charge in [-0.1, -0.05) is 55.5 Å². The average molecular weight is 953 g/mol. The van der Waals surface area contributed by atoms with Crippen LogP contribution in [0.3, 0.4) is 0 Å². The molecule has 13 nitrogen and oxygen atoms in total. The molecule has 18 heteroatoms. The second kappa shape index (κ2) is 19.7. The fourth-order valence-corrected chi connectivity index (χ4v) is 13.1. The maximum atomic E-state index is 15.0. The normalized spacial score (nSPS) is 25.0. The summed E-state index contributed by atoms with van der Waals surface area (Å²) in [6.45, 7) is 3.95. The molecule has 4 N–H and O–H groups in total. The molecule has 65 heavy (non-hydrogen) atoms. The minimum absolute atomic E-state index is 0.0310. The Bertz CT molecular complexity index is 2500. The van der Waals surface area contributed by atoms with Crippen LogP contribution in [-0.2, 0) is 25.1 Å². The summed E-state index contributed by atoms with van der Waals surface area (Å²) in [5.74, 6) is -2.93. The van der Waals surface area contributed by atoms with Gasteiger partial charge in [0.25, 0.3) is 0 Å². The lowest BCUT2D eigenvalue weighted by atomic mass is 10.0. The lowest BCUT2D eigenvalue weighted by Crippen LogP contribution is -2.55. The number of halogens is 3. The van der Waals surface area contributed by atoms with Gasteiger partial charge in [-0.2, -0.15) is 0 Å². The van der Waals surface area contributed by atoms with Crippen LogP contribution in [0.4, 0.5) is 13.9 Å². The van der Waals surface area contributed by atoms with Crippen molar-refractivity contribution in [2.24, 2.45) is 11.8 Å². The Morgan fingerprint density at radius 2 is 1.82 bits per heavy atom. The number of thiazole rings is 1. The minimum atomic E-state index is -4.59. The van der Waals surface area contributed by atoms with Crippen molar-refractivity contribution in [3.8, 4) is 22.9 Å². The summed E-state index contributed by atoms with van der Waals surface area (Å²) in [5.41, 5.74) is 0.871. The number of benzene rings is 2. The topological polar surface area (TPSA) is 172 Å². The number of hydrogen-bond donors (Lipinski definition) is 4. The number of nitrogens with zero attached hydrogens (tertiary/aromatic N) is 3. The van der Waals surface area contributed by atoms with Crippen molar-refractivity contribution < 1.29 is 42.1 Å². The molecule has 3 amide bonds. The number of carbonyl (C=O) groups excluding carboxylic acids is 3. The number of rotatable bonds is 12. The molecule has 2 aromatic heterocycles. The number of aromatic nitrogens is 2. The van der Waals surface area contributed by atoms with Crippen molar-refractivity contribution in [2.45, 2.75) is 127 Å². The Labute approximate surface area is 386 Å². The summed E-state index contributed by atoms with van der Waals surface area (Å²) in [6, 6.07) is 6.43. The highest BCUT2D eigenvalue weighted by molar-refractivity contribution is 7.59. The molecule has 1 unspecified atom stereocenters. The van der Waals surface area contributed by atoms with Gasteiger partial charge in [0.1, 0.15) is 57.3 Å². The van der Waals surface area contributed by atoms with Gasteiger partial charge in [0.05, 0.1) is 31.0 Å². The van der Waals surface area contributed by atoms with E-state index in [1.54, 1.807) is 24.3 Å². The molecule has 6 atom stereocenters. The molecular weight excluding hydrogens is 897 g/mol. The first-order valence-electron chi connectivity index (χ1n) is 22.6. The van der Waals surface area contributed by atoms with Crippen molar-refractivity contribution in [3.63, 3.8) is 0 Å². The van der Waals surface area contributed by atoms with E-state index in [-0.39, 0.29) is 42.3 Å². The van der Waals surface area contributed by atoms with Crippen LogP contribution in [0.1, 0.15) is 96.5 Å². The number of pyridine rings is 1. The van der Waals surface area contributed by atoms with Gasteiger partial charge in [-0.15, -0.1) is 11.3 Å². The molecule has 0 spiro atoms. The van der Waals surface area contributed by atoms with Gasteiger partial charge in [-0.3, -0.25) is 18.9 Å². The molecule has 4 aliphatic rings. The van der Waals surface area contributed by atoms with Crippen molar-refractivity contribution >= 4 is 64.1 Å². The van der Waals surface area contributed by atoms with Crippen LogP contribution >= 0.6 is 30.3 Å². The Kier molecular flexibility index (Phi) is 14.2. The molecule has 0 bridgehead atoms. The van der Waals surface area contributed by atoms with E-state index in [0.29, 0.717) is 64.6 Å². The van der Waals surface area contributed by atoms with Gasteiger partial charge in [-0.05, 0) is 82.6 Å². The number of amides is 3. The van der Waals surface area contributed by atoms with E-state index in [4.69, 9.17) is 31.0 Å². The first-order chi connectivity index (χ1) is 31.2. The van der Waals surface area contributed by atoms with Crippen LogP contribution in [0.25, 0.3) is 22.3 Å². The zero-order valence-corrected chi connectivity index (χ0v) is 39.3. The Morgan fingerprint density at radius 3 is 2.55 bits per heavy atom. The number of nitrogens with one attached hydrogen (secondary N) is 3. The van der Waals surface area contributed by atoms with Crippen molar-refractivity contribution in [1.82, 2.24) is 25.5 Å². The highest BCUT2D eigenvalue weighted by Crippen LogP contribution is 2.71. The zero-order chi connectivity index (χ0) is 46.0. The van der Waals surface area contributed by atoms with E-state index in [2.05, 4.69) is 16.0 Å². The predicted octanol–water partition coefficient (Wildman–Crippen LogP) is 9.36. The van der Waals surface area contributed by atoms with E-state index >= 15 is 0 Å². The summed E-state index contributed by atoms with van der Waals surface area (Å²) in [4.78, 5) is 66.2. The molecule has 2 aliphatic heterocycles. The number of methoxy groups -OCH3 is 1. The van der Waals surface area contributed by atoms with Crippen molar-refractivity contribution in [3.05, 3.63) is 76.2 Å². The number of anilines is 1. The maximum Gasteiger partial charge on any atom is 0.245 e. The molecule has 3 fully saturated rings. The monoisotopic (exact) mass is 952 g/mol. The number of carbonyl (C=O) groups is 3. The number of hydrogen-bond acceptors (Lipinski definition) is 10. The highest BCUT2D eigenvalue weighted by atomic mass is 35.5. The fraction of sp³-hybridized carbons (Fsp3) is 0.511. The Hall–Kier alpha value is -4.63. The third-order valence-electron chi connectivity index (χ3n) is 13.1. The largest absolute Gasteiger partial charge is 0.495 e. The summed E-state index contributed by atoms with van der Waals surface area (Å²) < 4.78 is 56.8. The number of ether oxygens (including phenoxy) is 2. The standard InChI is InChI=1S/C47H56ClF2N6O7PS/c1-27(2)51-46-54-37(26-65-46)36-22-40(31-18-19-39(62-3)42(48)43(31)53-36)63-30-21-38-44(58)55-47(64(60,61)25-32-33(49)15-11-16-34(32)50)23-29(47)14-7-5-4-6-8-17-35(45(59)56(38)24-30)52-41(57)20-28-12-9-10-13-28/h7,11,14-16,18-19,22,26-30,35,38H,4-6,8-10,12-13,17,20-21,23-25H2,1-3H3,(H,51,54)(H,52,57)(H,55,58)(H,60,61)/t29-,30-,35+,38+,47+/m1/s1. The first-order valence-corrected chi connectivity index (χ1v) is 25.7. The highest BCUT2D eigenvalue weighted by Gasteiger charge is 2.66. The van der Waals surface area contributed by atoms with Gasteiger partial charge in [0.15, 0.2) is 5.13 Å². The van der Waals surface area contributed by atoms with Gasteiger partial charge >= 0.3 is 0 Å². The first kappa shape index (κ1) is 46.9. The summed E-state index contributed by atoms with van der Waals surface area (Å²) in [7, 11) is -3.09. The van der Waals surface area contributed by atoms with E-state index < -0.39 is 71.9 Å². The second-order valence-electron chi connectivity index (χ2n) is 18.1. The quantitative estimate of drug-likeness (QED) is 0.0792. The molecule has 1 saturated heterocycles.